The van der Waals surface area contributed by atoms with E-state index < -0.39 is 0 Å². The molecule has 2 aromatic carbocycles. The molecule has 2 atom stereocenters. The van der Waals surface area contributed by atoms with Crippen LogP contribution in [0.1, 0.15) is 43.1 Å². The van der Waals surface area contributed by atoms with E-state index in [-0.39, 0.29) is 6.10 Å². The van der Waals surface area contributed by atoms with Crippen LogP contribution in [0.5, 0.6) is 0 Å². The molecule has 100 valence electrons. The van der Waals surface area contributed by atoms with Crippen LogP contribution in [0.15, 0.2) is 54.6 Å². The standard InChI is InChI=1S/C18H22O/c1-3-14(2)18(19)17-11-9-16(10-12-17)13-15-7-5-4-6-8-15/h4-12,14,18-19H,3,13H2,1-2H3. The third-order valence-corrected chi connectivity index (χ3v) is 3.76. The largest absolute Gasteiger partial charge is 0.388 e. The molecule has 0 bridgehead atoms. The fourth-order valence-electron chi connectivity index (χ4n) is 2.22. The van der Waals surface area contributed by atoms with E-state index >= 15 is 0 Å². The molecule has 1 nitrogen and oxygen atoms in total. The Balaban J connectivity index is 2.06. The van der Waals surface area contributed by atoms with E-state index in [1.165, 1.54) is 11.1 Å². The molecule has 0 aliphatic heterocycles. The Hall–Kier alpha value is -1.60. The van der Waals surface area contributed by atoms with E-state index in [4.69, 9.17) is 0 Å². The summed E-state index contributed by atoms with van der Waals surface area (Å²) < 4.78 is 0. The Morgan fingerprint density at radius 2 is 1.47 bits per heavy atom. The molecule has 2 aromatic rings. The molecule has 0 fully saturated rings. The molecule has 2 rings (SSSR count). The number of aliphatic hydroxyl groups excluding tert-OH is 1. The first-order valence-electron chi connectivity index (χ1n) is 7.01. The normalized spacial score (nSPS) is 14.1. The Morgan fingerprint density at radius 3 is 2.05 bits per heavy atom. The van der Waals surface area contributed by atoms with Crippen LogP contribution in [0.4, 0.5) is 0 Å². The predicted octanol–water partition coefficient (Wildman–Crippen LogP) is 4.36. The number of hydrogen-bond acceptors (Lipinski definition) is 1. The molecule has 0 aromatic heterocycles. The number of rotatable bonds is 5. The van der Waals surface area contributed by atoms with Crippen molar-refractivity contribution >= 4 is 0 Å². The van der Waals surface area contributed by atoms with E-state index in [9.17, 15) is 5.11 Å². The second kappa shape index (κ2) is 6.53. The highest BCUT2D eigenvalue weighted by molar-refractivity contribution is 5.29. The molecule has 0 amide bonds. The summed E-state index contributed by atoms with van der Waals surface area (Å²) in [6, 6.07) is 18.8. The van der Waals surface area contributed by atoms with Crippen LogP contribution in [0.3, 0.4) is 0 Å². The lowest BCUT2D eigenvalue weighted by atomic mass is 9.94. The van der Waals surface area contributed by atoms with Crippen LogP contribution in [0, 0.1) is 5.92 Å². The molecule has 0 radical (unpaired) electrons. The van der Waals surface area contributed by atoms with Crippen LogP contribution in [0.25, 0.3) is 0 Å². The van der Waals surface area contributed by atoms with Crippen molar-refractivity contribution in [2.75, 3.05) is 0 Å². The van der Waals surface area contributed by atoms with E-state index in [1.54, 1.807) is 0 Å². The van der Waals surface area contributed by atoms with Gasteiger partial charge in [0.15, 0.2) is 0 Å². The van der Waals surface area contributed by atoms with E-state index in [0.29, 0.717) is 5.92 Å². The van der Waals surface area contributed by atoms with E-state index in [2.05, 4.69) is 62.4 Å². The van der Waals surface area contributed by atoms with Gasteiger partial charge in [0.25, 0.3) is 0 Å². The van der Waals surface area contributed by atoms with Crippen LogP contribution >= 0.6 is 0 Å². The van der Waals surface area contributed by atoms with Gasteiger partial charge in [0.05, 0.1) is 6.10 Å². The van der Waals surface area contributed by atoms with Gasteiger partial charge in [-0.25, -0.2) is 0 Å². The summed E-state index contributed by atoms with van der Waals surface area (Å²) in [6.07, 6.45) is 1.59. The van der Waals surface area contributed by atoms with Crippen molar-refractivity contribution in [1.82, 2.24) is 0 Å². The molecule has 19 heavy (non-hydrogen) atoms. The molecule has 0 aliphatic rings. The highest BCUT2D eigenvalue weighted by Gasteiger charge is 2.14. The predicted molar refractivity (Wildman–Crippen MR) is 80.1 cm³/mol. The van der Waals surface area contributed by atoms with Crippen molar-refractivity contribution in [2.24, 2.45) is 5.92 Å². The fraction of sp³-hybridized carbons (Fsp3) is 0.333. The Kier molecular flexibility index (Phi) is 4.75. The molecule has 1 heteroatoms. The van der Waals surface area contributed by atoms with Crippen molar-refractivity contribution in [3.8, 4) is 0 Å². The van der Waals surface area contributed by atoms with Gasteiger partial charge in [-0.2, -0.15) is 0 Å². The van der Waals surface area contributed by atoms with Crippen LogP contribution in [-0.2, 0) is 6.42 Å². The van der Waals surface area contributed by atoms with Gasteiger partial charge < -0.3 is 5.11 Å². The topological polar surface area (TPSA) is 20.2 Å². The lowest BCUT2D eigenvalue weighted by molar-refractivity contribution is 0.115. The second-order valence-electron chi connectivity index (χ2n) is 5.23. The van der Waals surface area contributed by atoms with Crippen molar-refractivity contribution < 1.29 is 5.11 Å². The first-order valence-corrected chi connectivity index (χ1v) is 7.01. The molecule has 0 heterocycles. The Morgan fingerprint density at radius 1 is 0.895 bits per heavy atom. The average Bonchev–Trinajstić information content (AvgIpc) is 2.47. The van der Waals surface area contributed by atoms with Crippen LogP contribution < -0.4 is 0 Å². The van der Waals surface area contributed by atoms with Gasteiger partial charge in [0, 0.05) is 0 Å². The summed E-state index contributed by atoms with van der Waals surface area (Å²) in [4.78, 5) is 0. The lowest BCUT2D eigenvalue weighted by Crippen LogP contribution is -2.07. The highest BCUT2D eigenvalue weighted by atomic mass is 16.3. The Labute approximate surface area is 115 Å². The van der Waals surface area contributed by atoms with Crippen molar-refractivity contribution in [2.45, 2.75) is 32.8 Å². The molecule has 0 saturated carbocycles. The first-order chi connectivity index (χ1) is 9.20. The molecule has 0 aliphatic carbocycles. The Bertz CT molecular complexity index is 487. The lowest BCUT2D eigenvalue weighted by Gasteiger charge is -2.17. The fourth-order valence-corrected chi connectivity index (χ4v) is 2.22. The average molecular weight is 254 g/mol. The number of benzene rings is 2. The molecular weight excluding hydrogens is 232 g/mol. The summed E-state index contributed by atoms with van der Waals surface area (Å²) >= 11 is 0. The van der Waals surface area contributed by atoms with Gasteiger partial charge in [-0.05, 0) is 29.0 Å². The summed E-state index contributed by atoms with van der Waals surface area (Å²) in [7, 11) is 0. The minimum Gasteiger partial charge on any atom is -0.388 e. The molecule has 2 unspecified atom stereocenters. The quantitative estimate of drug-likeness (QED) is 0.840. The summed E-state index contributed by atoms with van der Waals surface area (Å²) in [5, 5.41) is 10.2. The van der Waals surface area contributed by atoms with E-state index in [1.807, 2.05) is 6.07 Å². The SMILES string of the molecule is CCC(C)C(O)c1ccc(Cc2ccccc2)cc1. The van der Waals surface area contributed by atoms with Gasteiger partial charge in [0.2, 0.25) is 0 Å². The minimum absolute atomic E-state index is 0.306. The zero-order valence-corrected chi connectivity index (χ0v) is 11.7. The van der Waals surface area contributed by atoms with Gasteiger partial charge in [-0.1, -0.05) is 74.9 Å². The third-order valence-electron chi connectivity index (χ3n) is 3.76. The summed E-state index contributed by atoms with van der Waals surface area (Å²) in [5.74, 6) is 0.306. The van der Waals surface area contributed by atoms with Gasteiger partial charge >= 0.3 is 0 Å². The van der Waals surface area contributed by atoms with Crippen LogP contribution in [0.2, 0.25) is 0 Å². The van der Waals surface area contributed by atoms with Crippen molar-refractivity contribution in [3.63, 3.8) is 0 Å². The van der Waals surface area contributed by atoms with Gasteiger partial charge in [0.1, 0.15) is 0 Å². The third kappa shape index (κ3) is 3.68. The maximum atomic E-state index is 10.2. The molecule has 0 saturated heterocycles. The van der Waals surface area contributed by atoms with Crippen molar-refractivity contribution in [1.29, 1.82) is 0 Å². The highest BCUT2D eigenvalue weighted by Crippen LogP contribution is 2.24. The zero-order chi connectivity index (χ0) is 13.7. The molecular formula is C18H22O. The molecule has 0 spiro atoms. The number of hydrogen-bond donors (Lipinski definition) is 1. The van der Waals surface area contributed by atoms with Gasteiger partial charge in [-0.3, -0.25) is 0 Å². The zero-order valence-electron chi connectivity index (χ0n) is 11.7. The monoisotopic (exact) mass is 254 g/mol. The maximum Gasteiger partial charge on any atom is 0.0815 e. The van der Waals surface area contributed by atoms with Crippen molar-refractivity contribution in [3.05, 3.63) is 71.3 Å². The van der Waals surface area contributed by atoms with Crippen LogP contribution in [-0.4, -0.2) is 5.11 Å². The maximum absolute atomic E-state index is 10.2. The molecule has 1 N–H and O–H groups in total. The number of aliphatic hydroxyl groups is 1. The summed E-state index contributed by atoms with van der Waals surface area (Å²) in [5.41, 5.74) is 3.62. The summed E-state index contributed by atoms with van der Waals surface area (Å²) in [6.45, 7) is 4.19. The smallest absolute Gasteiger partial charge is 0.0815 e. The van der Waals surface area contributed by atoms with Gasteiger partial charge in [-0.15, -0.1) is 0 Å². The van der Waals surface area contributed by atoms with E-state index in [0.717, 1.165) is 18.4 Å². The second-order valence-corrected chi connectivity index (χ2v) is 5.23. The first kappa shape index (κ1) is 13.8. The minimum atomic E-state index is -0.351.